The minimum Gasteiger partial charge on any atom is -0.480 e. The standard InChI is InChI=1S/C7H9NO3/c1-8-5-2-6(3-5)11-4-7(9)10/h5-6H,2-4H2,(H,9,10). The van der Waals surface area contributed by atoms with Gasteiger partial charge < -0.3 is 14.7 Å². The second-order valence-electron chi connectivity index (χ2n) is 2.58. The van der Waals surface area contributed by atoms with Crippen molar-refractivity contribution < 1.29 is 14.6 Å². The molecule has 60 valence electrons. The summed E-state index contributed by atoms with van der Waals surface area (Å²) in [5, 5.41) is 8.22. The maximum atomic E-state index is 10.0. The number of rotatable bonds is 3. The lowest BCUT2D eigenvalue weighted by Gasteiger charge is -2.25. The molecule has 0 radical (unpaired) electrons. The lowest BCUT2D eigenvalue weighted by atomic mass is 9.90. The third kappa shape index (κ3) is 2.20. The van der Waals surface area contributed by atoms with E-state index in [0.29, 0.717) is 12.8 Å². The Morgan fingerprint density at radius 1 is 1.73 bits per heavy atom. The van der Waals surface area contributed by atoms with Crippen molar-refractivity contribution in [3.05, 3.63) is 11.4 Å². The number of carboxylic acid groups (broad SMARTS) is 1. The largest absolute Gasteiger partial charge is 0.480 e. The van der Waals surface area contributed by atoms with Gasteiger partial charge in [0.1, 0.15) is 6.61 Å². The maximum Gasteiger partial charge on any atom is 0.329 e. The van der Waals surface area contributed by atoms with Gasteiger partial charge in [-0.15, -0.1) is 0 Å². The highest BCUT2D eigenvalue weighted by Crippen LogP contribution is 2.25. The van der Waals surface area contributed by atoms with Gasteiger partial charge in [-0.1, -0.05) is 0 Å². The molecule has 0 bridgehead atoms. The van der Waals surface area contributed by atoms with Crippen LogP contribution in [0.15, 0.2) is 0 Å². The van der Waals surface area contributed by atoms with E-state index in [1.165, 1.54) is 0 Å². The molecule has 1 aliphatic rings. The molecule has 0 unspecified atom stereocenters. The molecule has 1 aliphatic carbocycles. The minimum atomic E-state index is -0.948. The van der Waals surface area contributed by atoms with E-state index in [1.807, 2.05) is 0 Å². The van der Waals surface area contributed by atoms with Crippen molar-refractivity contribution in [1.29, 1.82) is 0 Å². The smallest absolute Gasteiger partial charge is 0.329 e. The van der Waals surface area contributed by atoms with Crippen LogP contribution in [0, 0.1) is 6.57 Å². The number of hydrogen-bond donors (Lipinski definition) is 1. The summed E-state index contributed by atoms with van der Waals surface area (Å²) in [5.74, 6) is -0.948. The molecule has 4 heteroatoms. The zero-order valence-corrected chi connectivity index (χ0v) is 5.99. The van der Waals surface area contributed by atoms with Crippen molar-refractivity contribution >= 4 is 5.97 Å². The summed E-state index contributed by atoms with van der Waals surface area (Å²) in [6, 6.07) is 0.0637. The first-order chi connectivity index (χ1) is 5.22. The van der Waals surface area contributed by atoms with E-state index in [9.17, 15) is 4.79 Å². The number of carbonyl (C=O) groups is 1. The van der Waals surface area contributed by atoms with E-state index >= 15 is 0 Å². The van der Waals surface area contributed by atoms with Gasteiger partial charge in [0.2, 0.25) is 6.04 Å². The molecule has 0 amide bonds. The van der Waals surface area contributed by atoms with Crippen LogP contribution in [-0.2, 0) is 9.53 Å². The average molecular weight is 155 g/mol. The molecule has 4 nitrogen and oxygen atoms in total. The molecule has 0 atom stereocenters. The first-order valence-corrected chi connectivity index (χ1v) is 3.42. The monoisotopic (exact) mass is 155 g/mol. The Morgan fingerprint density at radius 2 is 2.36 bits per heavy atom. The molecule has 11 heavy (non-hydrogen) atoms. The second-order valence-corrected chi connectivity index (χ2v) is 2.58. The Morgan fingerprint density at radius 3 is 2.82 bits per heavy atom. The Labute approximate surface area is 64.6 Å². The number of nitrogens with zero attached hydrogens (tertiary/aromatic N) is 1. The SMILES string of the molecule is [C-]#[N+]C1CC(OCC(=O)O)C1. The Bertz CT molecular complexity index is 190. The normalized spacial score (nSPS) is 28.6. The van der Waals surface area contributed by atoms with Crippen molar-refractivity contribution in [3.63, 3.8) is 0 Å². The highest BCUT2D eigenvalue weighted by Gasteiger charge is 2.34. The van der Waals surface area contributed by atoms with Crippen molar-refractivity contribution in [2.75, 3.05) is 6.61 Å². The van der Waals surface area contributed by atoms with Crippen LogP contribution in [0.3, 0.4) is 0 Å². The number of aliphatic carboxylic acids is 1. The number of hydrogen-bond acceptors (Lipinski definition) is 2. The number of carboxylic acids is 1. The van der Waals surface area contributed by atoms with E-state index in [1.54, 1.807) is 0 Å². The third-order valence-electron chi connectivity index (χ3n) is 1.70. The summed E-state index contributed by atoms with van der Waals surface area (Å²) < 4.78 is 4.93. The van der Waals surface area contributed by atoms with Crippen LogP contribution in [0.1, 0.15) is 12.8 Å². The zero-order valence-electron chi connectivity index (χ0n) is 5.99. The van der Waals surface area contributed by atoms with Gasteiger partial charge in [-0.3, -0.25) is 0 Å². The fourth-order valence-corrected chi connectivity index (χ4v) is 0.969. The van der Waals surface area contributed by atoms with Crippen molar-refractivity contribution in [1.82, 2.24) is 0 Å². The van der Waals surface area contributed by atoms with Crippen molar-refractivity contribution in [2.45, 2.75) is 25.0 Å². The molecule has 0 aliphatic heterocycles. The lowest BCUT2D eigenvalue weighted by molar-refractivity contribution is -0.146. The van der Waals surface area contributed by atoms with Gasteiger partial charge in [0.05, 0.1) is 6.10 Å². The van der Waals surface area contributed by atoms with Gasteiger partial charge in [0.15, 0.2) is 0 Å². The van der Waals surface area contributed by atoms with E-state index < -0.39 is 5.97 Å². The van der Waals surface area contributed by atoms with Gasteiger partial charge in [0.25, 0.3) is 0 Å². The summed E-state index contributed by atoms with van der Waals surface area (Å²) >= 11 is 0. The van der Waals surface area contributed by atoms with Crippen LogP contribution in [0.2, 0.25) is 0 Å². The quantitative estimate of drug-likeness (QED) is 0.605. The predicted octanol–water partition coefficient (Wildman–Crippen LogP) is 0.538. The number of ether oxygens (including phenoxy) is 1. The van der Waals surface area contributed by atoms with Crippen LogP contribution >= 0.6 is 0 Å². The van der Waals surface area contributed by atoms with Gasteiger partial charge >= 0.3 is 5.97 Å². The van der Waals surface area contributed by atoms with E-state index in [0.717, 1.165) is 0 Å². The van der Waals surface area contributed by atoms with E-state index in [-0.39, 0.29) is 18.8 Å². The Balaban J connectivity index is 2.06. The highest BCUT2D eigenvalue weighted by molar-refractivity contribution is 5.68. The summed E-state index contributed by atoms with van der Waals surface area (Å²) in [7, 11) is 0. The molecule has 0 aromatic carbocycles. The van der Waals surface area contributed by atoms with Gasteiger partial charge in [-0.25, -0.2) is 11.4 Å². The van der Waals surface area contributed by atoms with E-state index in [2.05, 4.69) is 4.85 Å². The fourth-order valence-electron chi connectivity index (χ4n) is 0.969. The molecule has 1 saturated carbocycles. The topological polar surface area (TPSA) is 50.9 Å². The van der Waals surface area contributed by atoms with Gasteiger partial charge in [-0.05, 0) is 0 Å². The third-order valence-corrected chi connectivity index (χ3v) is 1.70. The average Bonchev–Trinajstić information content (AvgIpc) is 1.84. The van der Waals surface area contributed by atoms with Gasteiger partial charge in [0, 0.05) is 12.8 Å². The van der Waals surface area contributed by atoms with Crippen molar-refractivity contribution in [2.24, 2.45) is 0 Å². The predicted molar refractivity (Wildman–Crippen MR) is 37.0 cm³/mol. The molecule has 0 aromatic rings. The molecule has 0 aromatic heterocycles. The summed E-state index contributed by atoms with van der Waals surface area (Å²) in [5.41, 5.74) is 0. The van der Waals surface area contributed by atoms with Crippen LogP contribution < -0.4 is 0 Å². The Kier molecular flexibility index (Phi) is 2.44. The molecule has 1 fully saturated rings. The molecule has 0 spiro atoms. The summed E-state index contributed by atoms with van der Waals surface area (Å²) in [4.78, 5) is 13.3. The molecule has 0 heterocycles. The molecule has 1 N–H and O–H groups in total. The Hall–Kier alpha value is -1.08. The van der Waals surface area contributed by atoms with Crippen LogP contribution in [0.25, 0.3) is 4.85 Å². The minimum absolute atomic E-state index is 0.00481. The second kappa shape index (κ2) is 3.35. The molecular formula is C7H9NO3. The first kappa shape index (κ1) is 8.02. The summed E-state index contributed by atoms with van der Waals surface area (Å²) in [6.45, 7) is 6.38. The lowest BCUT2D eigenvalue weighted by Crippen LogP contribution is -2.34. The van der Waals surface area contributed by atoms with Gasteiger partial charge in [-0.2, -0.15) is 0 Å². The fraction of sp³-hybridized carbons (Fsp3) is 0.714. The highest BCUT2D eigenvalue weighted by atomic mass is 16.5. The van der Waals surface area contributed by atoms with Crippen LogP contribution in [0.4, 0.5) is 0 Å². The molecule has 0 saturated heterocycles. The van der Waals surface area contributed by atoms with Crippen LogP contribution in [-0.4, -0.2) is 29.8 Å². The molecule has 1 rings (SSSR count). The van der Waals surface area contributed by atoms with E-state index in [4.69, 9.17) is 16.4 Å². The summed E-state index contributed by atoms with van der Waals surface area (Å²) in [6.07, 6.45) is 1.39. The van der Waals surface area contributed by atoms with Crippen molar-refractivity contribution in [3.8, 4) is 0 Å². The molecular weight excluding hydrogens is 146 g/mol. The zero-order chi connectivity index (χ0) is 8.27. The first-order valence-electron chi connectivity index (χ1n) is 3.42. The van der Waals surface area contributed by atoms with Crippen LogP contribution in [0.5, 0.6) is 0 Å². The maximum absolute atomic E-state index is 10.0.